The third-order valence-corrected chi connectivity index (χ3v) is 3.23. The normalized spacial score (nSPS) is 16.2. The van der Waals surface area contributed by atoms with Crippen LogP contribution in [0.3, 0.4) is 0 Å². The highest BCUT2D eigenvalue weighted by Gasteiger charge is 2.16. The maximum atomic E-state index is 11.9. The monoisotopic (exact) mass is 236 g/mol. The van der Waals surface area contributed by atoms with Crippen LogP contribution in [0.4, 0.5) is 0 Å². The Hall–Kier alpha value is -1.36. The zero-order chi connectivity index (χ0) is 12.3. The average molecular weight is 236 g/mol. The van der Waals surface area contributed by atoms with E-state index in [4.69, 9.17) is 0 Å². The lowest BCUT2D eigenvalue weighted by molar-refractivity contribution is -0.131. The van der Waals surface area contributed by atoms with E-state index in [0.717, 1.165) is 44.0 Å². The Morgan fingerprint density at radius 1 is 1.47 bits per heavy atom. The van der Waals surface area contributed by atoms with Crippen molar-refractivity contribution in [3.05, 3.63) is 17.5 Å². The van der Waals surface area contributed by atoms with E-state index in [-0.39, 0.29) is 5.91 Å². The summed E-state index contributed by atoms with van der Waals surface area (Å²) in [5.74, 6) is 0.245. The van der Waals surface area contributed by atoms with Gasteiger partial charge in [-0.25, -0.2) is 0 Å². The molecule has 1 aliphatic heterocycles. The van der Waals surface area contributed by atoms with E-state index in [0.29, 0.717) is 6.42 Å². The maximum absolute atomic E-state index is 11.9. The third kappa shape index (κ3) is 3.06. The van der Waals surface area contributed by atoms with Gasteiger partial charge < -0.3 is 10.2 Å². The van der Waals surface area contributed by atoms with Crippen molar-refractivity contribution in [1.82, 2.24) is 20.0 Å². The summed E-state index contributed by atoms with van der Waals surface area (Å²) in [7, 11) is 1.93. The molecule has 1 amide bonds. The lowest BCUT2D eigenvalue weighted by atomic mass is 10.2. The van der Waals surface area contributed by atoms with Crippen LogP contribution in [0.25, 0.3) is 0 Å². The number of hydrogen-bond acceptors (Lipinski definition) is 3. The molecule has 0 radical (unpaired) electrons. The number of amides is 1. The van der Waals surface area contributed by atoms with Crippen LogP contribution in [-0.2, 0) is 18.3 Å². The molecule has 5 heteroatoms. The zero-order valence-electron chi connectivity index (χ0n) is 10.6. The summed E-state index contributed by atoms with van der Waals surface area (Å²) in [5, 5.41) is 7.61. The Kier molecular flexibility index (Phi) is 3.78. The lowest BCUT2D eigenvalue weighted by Crippen LogP contribution is -2.46. The number of nitrogens with one attached hydrogen (secondary N) is 1. The van der Waals surface area contributed by atoms with Crippen molar-refractivity contribution in [3.8, 4) is 0 Å². The van der Waals surface area contributed by atoms with E-state index in [1.165, 1.54) is 0 Å². The van der Waals surface area contributed by atoms with Crippen LogP contribution in [0, 0.1) is 6.92 Å². The van der Waals surface area contributed by atoms with Crippen LogP contribution >= 0.6 is 0 Å². The van der Waals surface area contributed by atoms with Crippen molar-refractivity contribution in [2.24, 2.45) is 7.05 Å². The Labute approximate surface area is 102 Å². The van der Waals surface area contributed by atoms with Gasteiger partial charge in [0.05, 0.1) is 5.69 Å². The zero-order valence-corrected chi connectivity index (χ0v) is 10.6. The first kappa shape index (κ1) is 12.1. The molecule has 0 unspecified atom stereocenters. The third-order valence-electron chi connectivity index (χ3n) is 3.23. The summed E-state index contributed by atoms with van der Waals surface area (Å²) in [5.41, 5.74) is 2.14. The highest BCUT2D eigenvalue weighted by molar-refractivity contribution is 5.76. The molecule has 1 saturated heterocycles. The number of carbonyl (C=O) groups is 1. The Morgan fingerprint density at radius 2 is 2.18 bits per heavy atom. The predicted octanol–water partition coefficient (Wildman–Crippen LogP) is 0.0929. The molecule has 0 spiro atoms. The molecular formula is C12H20N4O. The molecular weight excluding hydrogens is 216 g/mol. The van der Waals surface area contributed by atoms with Gasteiger partial charge in [-0.3, -0.25) is 9.48 Å². The molecule has 1 aromatic rings. The van der Waals surface area contributed by atoms with E-state index in [9.17, 15) is 4.79 Å². The summed E-state index contributed by atoms with van der Waals surface area (Å²) in [6.07, 6.45) is 1.31. The SMILES string of the molecule is Cc1cc(CCC(=O)N2CCNCC2)nn1C. The number of rotatable bonds is 3. The lowest BCUT2D eigenvalue weighted by Gasteiger charge is -2.27. The summed E-state index contributed by atoms with van der Waals surface area (Å²) in [6.45, 7) is 5.51. The van der Waals surface area contributed by atoms with Crippen LogP contribution in [0.2, 0.25) is 0 Å². The van der Waals surface area contributed by atoms with E-state index < -0.39 is 0 Å². The Balaban J connectivity index is 1.83. The van der Waals surface area contributed by atoms with E-state index in [1.54, 1.807) is 0 Å². The highest BCUT2D eigenvalue weighted by Crippen LogP contribution is 2.06. The second-order valence-electron chi connectivity index (χ2n) is 4.53. The van der Waals surface area contributed by atoms with Gasteiger partial charge in [-0.2, -0.15) is 5.10 Å². The number of nitrogens with zero attached hydrogens (tertiary/aromatic N) is 3. The van der Waals surface area contributed by atoms with Gasteiger partial charge in [0.1, 0.15) is 0 Å². The minimum absolute atomic E-state index is 0.245. The van der Waals surface area contributed by atoms with Crippen molar-refractivity contribution in [1.29, 1.82) is 0 Å². The molecule has 5 nitrogen and oxygen atoms in total. The second kappa shape index (κ2) is 5.31. The summed E-state index contributed by atoms with van der Waals surface area (Å²) in [6, 6.07) is 2.05. The van der Waals surface area contributed by atoms with Gasteiger partial charge in [-0.15, -0.1) is 0 Å². The number of hydrogen-bond donors (Lipinski definition) is 1. The first-order chi connectivity index (χ1) is 8.16. The molecule has 1 fully saturated rings. The molecule has 1 aromatic heterocycles. The summed E-state index contributed by atoms with van der Waals surface area (Å²) < 4.78 is 1.85. The molecule has 0 bridgehead atoms. The van der Waals surface area contributed by atoms with E-state index in [2.05, 4.69) is 10.4 Å². The molecule has 2 heterocycles. The van der Waals surface area contributed by atoms with Crippen LogP contribution in [0.5, 0.6) is 0 Å². The van der Waals surface area contributed by atoms with E-state index in [1.807, 2.05) is 29.6 Å². The molecule has 1 N–H and O–H groups in total. The topological polar surface area (TPSA) is 50.2 Å². The molecule has 0 aliphatic carbocycles. The van der Waals surface area contributed by atoms with Crippen molar-refractivity contribution >= 4 is 5.91 Å². The summed E-state index contributed by atoms with van der Waals surface area (Å²) in [4.78, 5) is 13.9. The van der Waals surface area contributed by atoms with Gasteiger partial charge in [-0.1, -0.05) is 0 Å². The maximum Gasteiger partial charge on any atom is 0.223 e. The number of piperazine rings is 1. The first-order valence-electron chi connectivity index (χ1n) is 6.15. The van der Waals surface area contributed by atoms with Gasteiger partial charge in [0.25, 0.3) is 0 Å². The second-order valence-corrected chi connectivity index (χ2v) is 4.53. The Morgan fingerprint density at radius 3 is 2.76 bits per heavy atom. The molecule has 0 saturated carbocycles. The molecule has 17 heavy (non-hydrogen) atoms. The fourth-order valence-electron chi connectivity index (χ4n) is 2.06. The van der Waals surface area contributed by atoms with Crippen molar-refractivity contribution < 1.29 is 4.79 Å². The van der Waals surface area contributed by atoms with Gasteiger partial charge in [0.2, 0.25) is 5.91 Å². The van der Waals surface area contributed by atoms with Gasteiger partial charge >= 0.3 is 0 Å². The van der Waals surface area contributed by atoms with Crippen LogP contribution in [-0.4, -0.2) is 46.8 Å². The molecule has 1 aliphatic rings. The number of carbonyl (C=O) groups excluding carboxylic acids is 1. The minimum Gasteiger partial charge on any atom is -0.340 e. The fourth-order valence-corrected chi connectivity index (χ4v) is 2.06. The minimum atomic E-state index is 0.245. The number of aromatic nitrogens is 2. The van der Waals surface area contributed by atoms with Crippen LogP contribution in [0.15, 0.2) is 6.07 Å². The van der Waals surface area contributed by atoms with Crippen molar-refractivity contribution in [2.75, 3.05) is 26.2 Å². The van der Waals surface area contributed by atoms with Gasteiger partial charge in [0.15, 0.2) is 0 Å². The van der Waals surface area contributed by atoms with Crippen LogP contribution in [0.1, 0.15) is 17.8 Å². The first-order valence-corrected chi connectivity index (χ1v) is 6.15. The molecule has 0 atom stereocenters. The van der Waals surface area contributed by atoms with Crippen molar-refractivity contribution in [2.45, 2.75) is 19.8 Å². The highest BCUT2D eigenvalue weighted by atomic mass is 16.2. The average Bonchev–Trinajstić information content (AvgIpc) is 2.67. The fraction of sp³-hybridized carbons (Fsp3) is 0.667. The van der Waals surface area contributed by atoms with E-state index >= 15 is 0 Å². The predicted molar refractivity (Wildman–Crippen MR) is 65.7 cm³/mol. The standard InChI is InChI=1S/C12H20N4O/c1-10-9-11(14-15(10)2)3-4-12(17)16-7-5-13-6-8-16/h9,13H,3-8H2,1-2H3. The smallest absolute Gasteiger partial charge is 0.223 e. The summed E-state index contributed by atoms with van der Waals surface area (Å²) >= 11 is 0. The van der Waals surface area contributed by atoms with Gasteiger partial charge in [0, 0.05) is 51.8 Å². The number of aryl methyl sites for hydroxylation is 3. The molecule has 0 aromatic carbocycles. The van der Waals surface area contributed by atoms with Crippen LogP contribution < -0.4 is 5.32 Å². The Bertz CT molecular complexity index is 374. The van der Waals surface area contributed by atoms with Crippen molar-refractivity contribution in [3.63, 3.8) is 0 Å². The van der Waals surface area contributed by atoms with Gasteiger partial charge in [-0.05, 0) is 13.0 Å². The quantitative estimate of drug-likeness (QED) is 0.809. The largest absolute Gasteiger partial charge is 0.340 e. The molecule has 94 valence electrons. The molecule has 2 rings (SSSR count).